The number of hydrogen-bond donors (Lipinski definition) is 1. The first-order chi connectivity index (χ1) is 14.1. The summed E-state index contributed by atoms with van der Waals surface area (Å²) in [4.78, 5) is 16.4. The number of allylic oxidation sites excluding steroid dienone is 1. The molecule has 1 heterocycles. The number of carbonyl (C=O) groups excluding carboxylic acids is 1. The average Bonchev–Trinajstić information content (AvgIpc) is 3.06. The summed E-state index contributed by atoms with van der Waals surface area (Å²) in [5.41, 5.74) is 3.35. The van der Waals surface area contributed by atoms with E-state index in [-0.39, 0.29) is 5.91 Å². The average molecular weight is 392 g/mol. The highest BCUT2D eigenvalue weighted by Crippen LogP contribution is 2.20. The number of benzene rings is 2. The van der Waals surface area contributed by atoms with E-state index in [1.165, 1.54) is 11.6 Å². The van der Waals surface area contributed by atoms with Crippen LogP contribution in [0.15, 0.2) is 60.7 Å². The molecule has 0 atom stereocenters. The van der Waals surface area contributed by atoms with Gasteiger partial charge >= 0.3 is 0 Å². The molecule has 1 amide bonds. The number of rotatable bonds is 9. The van der Waals surface area contributed by atoms with Gasteiger partial charge in [-0.25, -0.2) is 4.98 Å². The van der Waals surface area contributed by atoms with Crippen LogP contribution in [-0.2, 0) is 17.8 Å². The second-order valence-corrected chi connectivity index (χ2v) is 7.28. The first-order valence-electron chi connectivity index (χ1n) is 10.2. The van der Waals surface area contributed by atoms with E-state index < -0.39 is 0 Å². The molecule has 1 aromatic heterocycles. The number of aromatic nitrogens is 2. The maximum absolute atomic E-state index is 11.6. The second kappa shape index (κ2) is 9.92. The van der Waals surface area contributed by atoms with Crippen LogP contribution in [0.3, 0.4) is 0 Å². The lowest BCUT2D eigenvalue weighted by atomic mass is 10.0. The van der Waals surface area contributed by atoms with Gasteiger partial charge in [-0.3, -0.25) is 4.79 Å². The first-order valence-corrected chi connectivity index (χ1v) is 10.2. The van der Waals surface area contributed by atoms with Crippen molar-refractivity contribution >= 4 is 16.9 Å². The molecule has 0 saturated carbocycles. The van der Waals surface area contributed by atoms with Gasteiger partial charge in [0.15, 0.2) is 0 Å². The van der Waals surface area contributed by atoms with Crippen LogP contribution in [0.25, 0.3) is 11.0 Å². The maximum atomic E-state index is 11.6. The fraction of sp³-hybridized carbons (Fsp3) is 0.333. The molecule has 0 saturated heterocycles. The Morgan fingerprint density at radius 3 is 2.66 bits per heavy atom. The van der Waals surface area contributed by atoms with Gasteiger partial charge in [0.1, 0.15) is 18.2 Å². The molecule has 0 spiro atoms. The fourth-order valence-electron chi connectivity index (χ4n) is 3.28. The van der Waals surface area contributed by atoms with Crippen molar-refractivity contribution in [1.82, 2.24) is 14.9 Å². The van der Waals surface area contributed by atoms with E-state index in [1.807, 2.05) is 37.3 Å². The SMILES string of the molecule is C/C=C/C(=O)NCCc1nc2ccccc2n1CCOc1ccc(C(C)C)cc1. The van der Waals surface area contributed by atoms with Crippen LogP contribution in [0.1, 0.15) is 38.1 Å². The van der Waals surface area contributed by atoms with Gasteiger partial charge < -0.3 is 14.6 Å². The molecule has 3 rings (SSSR count). The number of hydrogen-bond acceptors (Lipinski definition) is 3. The van der Waals surface area contributed by atoms with Crippen molar-refractivity contribution in [3.8, 4) is 5.75 Å². The lowest BCUT2D eigenvalue weighted by Gasteiger charge is -2.12. The summed E-state index contributed by atoms with van der Waals surface area (Å²) >= 11 is 0. The Morgan fingerprint density at radius 1 is 1.17 bits per heavy atom. The van der Waals surface area contributed by atoms with Crippen LogP contribution < -0.4 is 10.1 Å². The lowest BCUT2D eigenvalue weighted by Crippen LogP contribution is -2.24. The van der Waals surface area contributed by atoms with Crippen molar-refractivity contribution in [2.45, 2.75) is 39.7 Å². The molecule has 29 heavy (non-hydrogen) atoms. The van der Waals surface area contributed by atoms with Crippen molar-refractivity contribution in [2.75, 3.05) is 13.2 Å². The van der Waals surface area contributed by atoms with Crippen molar-refractivity contribution in [3.63, 3.8) is 0 Å². The summed E-state index contributed by atoms with van der Waals surface area (Å²) in [6.07, 6.45) is 3.93. The van der Waals surface area contributed by atoms with Crippen molar-refractivity contribution in [2.24, 2.45) is 0 Å². The number of carbonyl (C=O) groups is 1. The smallest absolute Gasteiger partial charge is 0.243 e. The molecular formula is C24H29N3O2. The Hall–Kier alpha value is -3.08. The lowest BCUT2D eigenvalue weighted by molar-refractivity contribution is -0.116. The van der Waals surface area contributed by atoms with Crippen LogP contribution in [0, 0.1) is 0 Å². The molecular weight excluding hydrogens is 362 g/mol. The molecule has 0 bridgehead atoms. The zero-order chi connectivity index (χ0) is 20.6. The van der Waals surface area contributed by atoms with Gasteiger partial charge in [-0.2, -0.15) is 0 Å². The van der Waals surface area contributed by atoms with Gasteiger partial charge in [0.2, 0.25) is 5.91 Å². The third-order valence-corrected chi connectivity index (χ3v) is 4.83. The highest BCUT2D eigenvalue weighted by Gasteiger charge is 2.11. The number of amides is 1. The normalized spacial score (nSPS) is 11.4. The molecule has 1 N–H and O–H groups in total. The summed E-state index contributed by atoms with van der Waals surface area (Å²) in [6, 6.07) is 16.4. The molecule has 0 unspecified atom stereocenters. The molecule has 0 aliphatic rings. The van der Waals surface area contributed by atoms with Crippen molar-refractivity contribution in [1.29, 1.82) is 0 Å². The van der Waals surface area contributed by atoms with Crippen LogP contribution >= 0.6 is 0 Å². The van der Waals surface area contributed by atoms with Gasteiger partial charge in [0.25, 0.3) is 0 Å². The predicted molar refractivity (Wildman–Crippen MR) is 117 cm³/mol. The van der Waals surface area contributed by atoms with E-state index in [9.17, 15) is 4.79 Å². The topological polar surface area (TPSA) is 56.2 Å². The number of nitrogens with zero attached hydrogens (tertiary/aromatic N) is 2. The van der Waals surface area contributed by atoms with E-state index in [2.05, 4.69) is 41.9 Å². The van der Waals surface area contributed by atoms with Crippen LogP contribution in [0.2, 0.25) is 0 Å². The summed E-state index contributed by atoms with van der Waals surface area (Å²) in [5.74, 6) is 2.25. The zero-order valence-electron chi connectivity index (χ0n) is 17.4. The number of nitrogens with one attached hydrogen (secondary N) is 1. The molecule has 5 heteroatoms. The van der Waals surface area contributed by atoms with Crippen LogP contribution in [0.5, 0.6) is 5.75 Å². The molecule has 0 aliphatic heterocycles. The monoisotopic (exact) mass is 391 g/mol. The Bertz CT molecular complexity index is 971. The molecule has 0 radical (unpaired) electrons. The van der Waals surface area contributed by atoms with Crippen molar-refractivity contribution < 1.29 is 9.53 Å². The minimum Gasteiger partial charge on any atom is -0.492 e. The molecule has 5 nitrogen and oxygen atoms in total. The molecule has 0 fully saturated rings. The summed E-state index contributed by atoms with van der Waals surface area (Å²) < 4.78 is 8.15. The minimum atomic E-state index is -0.0802. The summed E-state index contributed by atoms with van der Waals surface area (Å²) in [5, 5.41) is 2.89. The van der Waals surface area contributed by atoms with Gasteiger partial charge in [-0.1, -0.05) is 44.2 Å². The van der Waals surface area contributed by atoms with Gasteiger partial charge in [0, 0.05) is 13.0 Å². The Morgan fingerprint density at radius 2 is 1.93 bits per heavy atom. The van der Waals surface area contributed by atoms with E-state index in [0.29, 0.717) is 32.0 Å². The Kier molecular flexibility index (Phi) is 7.06. The third kappa shape index (κ3) is 5.47. The Labute approximate surface area is 172 Å². The Balaban J connectivity index is 1.66. The quantitative estimate of drug-likeness (QED) is 0.548. The van der Waals surface area contributed by atoms with Crippen molar-refractivity contribution in [3.05, 3.63) is 72.1 Å². The van der Waals surface area contributed by atoms with Gasteiger partial charge in [-0.05, 0) is 48.7 Å². The van der Waals surface area contributed by atoms with E-state index >= 15 is 0 Å². The molecule has 0 aliphatic carbocycles. The molecule has 152 valence electrons. The van der Waals surface area contributed by atoms with E-state index in [4.69, 9.17) is 9.72 Å². The number of ether oxygens (including phenoxy) is 1. The predicted octanol–water partition coefficient (Wildman–Crippen LogP) is 4.47. The molecule has 3 aromatic rings. The number of imidazole rings is 1. The third-order valence-electron chi connectivity index (χ3n) is 4.83. The molecule has 2 aromatic carbocycles. The van der Waals surface area contributed by atoms with Crippen LogP contribution in [-0.4, -0.2) is 28.6 Å². The fourth-order valence-corrected chi connectivity index (χ4v) is 3.28. The van der Waals surface area contributed by atoms with Crippen LogP contribution in [0.4, 0.5) is 0 Å². The standard InChI is InChI=1S/C24H29N3O2/c1-4-7-24(28)25-15-14-23-26-21-8-5-6-9-22(21)27(23)16-17-29-20-12-10-19(11-13-20)18(2)3/h4-13,18H,14-17H2,1-3H3,(H,25,28)/b7-4+. The summed E-state index contributed by atoms with van der Waals surface area (Å²) in [7, 11) is 0. The second-order valence-electron chi connectivity index (χ2n) is 7.28. The highest BCUT2D eigenvalue weighted by atomic mass is 16.5. The minimum absolute atomic E-state index is 0.0802. The highest BCUT2D eigenvalue weighted by molar-refractivity contribution is 5.87. The summed E-state index contributed by atoms with van der Waals surface area (Å²) in [6.45, 7) is 7.99. The number of fused-ring (bicyclic) bond motifs is 1. The van der Waals surface area contributed by atoms with E-state index in [0.717, 1.165) is 22.6 Å². The van der Waals surface area contributed by atoms with Gasteiger partial charge in [0.05, 0.1) is 17.6 Å². The van der Waals surface area contributed by atoms with Gasteiger partial charge in [-0.15, -0.1) is 0 Å². The van der Waals surface area contributed by atoms with E-state index in [1.54, 1.807) is 6.08 Å². The largest absolute Gasteiger partial charge is 0.492 e. The number of para-hydroxylation sites is 2. The maximum Gasteiger partial charge on any atom is 0.243 e. The zero-order valence-corrected chi connectivity index (χ0v) is 17.4. The first kappa shape index (κ1) is 20.6.